The monoisotopic (exact) mass is 419 g/mol. The Hall–Kier alpha value is -1.57. The van der Waals surface area contributed by atoms with E-state index in [1.807, 2.05) is 0 Å². The van der Waals surface area contributed by atoms with Crippen LogP contribution in [0, 0.1) is 0 Å². The SMILES string of the molecule is CC1(C)OC[C@@H]2O[C@@H](n3cnc4c(N)nc(Cl)nc43)[C@@H](OS(C)(=O)=O)[C@@H]2O1. The largest absolute Gasteiger partial charge is 0.382 e. The minimum Gasteiger partial charge on any atom is -0.382 e. The number of nitrogens with two attached hydrogens (primary N) is 1. The van der Waals surface area contributed by atoms with Gasteiger partial charge in [-0.3, -0.25) is 8.75 Å². The van der Waals surface area contributed by atoms with E-state index in [4.69, 9.17) is 35.7 Å². The Bertz CT molecular complexity index is 995. The number of rotatable bonds is 3. The molecule has 2 aromatic rings. The molecule has 4 atom stereocenters. The van der Waals surface area contributed by atoms with Crippen LogP contribution in [0.25, 0.3) is 11.2 Å². The molecule has 2 aromatic heterocycles. The van der Waals surface area contributed by atoms with Gasteiger partial charge in [0.1, 0.15) is 17.7 Å². The lowest BCUT2D eigenvalue weighted by atomic mass is 10.1. The fraction of sp³-hybridized carbons (Fsp3) is 0.643. The summed E-state index contributed by atoms with van der Waals surface area (Å²) in [4.78, 5) is 12.2. The second kappa shape index (κ2) is 6.22. The lowest BCUT2D eigenvalue weighted by Gasteiger charge is -2.38. The van der Waals surface area contributed by atoms with E-state index < -0.39 is 40.4 Å². The topological polar surface area (TPSA) is 141 Å². The normalized spacial score (nSPS) is 30.5. The number of nitrogens with zero attached hydrogens (tertiary/aromatic N) is 4. The first kappa shape index (κ1) is 18.8. The minimum absolute atomic E-state index is 0.0709. The zero-order chi connectivity index (χ0) is 19.6. The summed E-state index contributed by atoms with van der Waals surface area (Å²) in [6.07, 6.45) is -0.727. The number of imidazole rings is 1. The second-order valence-corrected chi connectivity index (χ2v) is 8.76. The summed E-state index contributed by atoms with van der Waals surface area (Å²) in [5.74, 6) is -0.814. The molecule has 2 saturated heterocycles. The summed E-state index contributed by atoms with van der Waals surface area (Å²) in [6.45, 7) is 3.67. The molecule has 0 aromatic carbocycles. The Labute approximate surface area is 159 Å². The van der Waals surface area contributed by atoms with Gasteiger partial charge in [-0.1, -0.05) is 0 Å². The van der Waals surface area contributed by atoms with Crippen LogP contribution in [0.3, 0.4) is 0 Å². The van der Waals surface area contributed by atoms with E-state index in [0.717, 1.165) is 6.26 Å². The van der Waals surface area contributed by atoms with E-state index in [0.29, 0.717) is 11.2 Å². The molecule has 0 aliphatic carbocycles. The summed E-state index contributed by atoms with van der Waals surface area (Å²) in [5.41, 5.74) is 6.44. The van der Waals surface area contributed by atoms with Crippen molar-refractivity contribution in [3.63, 3.8) is 0 Å². The van der Waals surface area contributed by atoms with Gasteiger partial charge in [-0.15, -0.1) is 0 Å². The number of hydrogen-bond acceptors (Lipinski definition) is 10. The van der Waals surface area contributed by atoms with Crippen LogP contribution in [0.4, 0.5) is 5.82 Å². The van der Waals surface area contributed by atoms with Gasteiger partial charge in [0, 0.05) is 0 Å². The average Bonchev–Trinajstić information content (AvgIpc) is 3.07. The van der Waals surface area contributed by atoms with Crippen LogP contribution < -0.4 is 5.73 Å². The van der Waals surface area contributed by atoms with Crippen LogP contribution in [0.2, 0.25) is 5.28 Å². The molecule has 27 heavy (non-hydrogen) atoms. The third-order valence-corrected chi connectivity index (χ3v) is 5.02. The molecule has 2 N–H and O–H groups in total. The Morgan fingerprint density at radius 2 is 2.15 bits per heavy atom. The summed E-state index contributed by atoms with van der Waals surface area (Å²) in [7, 11) is -3.81. The van der Waals surface area contributed by atoms with Crippen molar-refractivity contribution >= 4 is 38.7 Å². The Morgan fingerprint density at radius 1 is 1.41 bits per heavy atom. The number of hydrogen-bond donors (Lipinski definition) is 1. The summed E-state index contributed by atoms with van der Waals surface area (Å²) >= 11 is 5.91. The Balaban J connectivity index is 1.79. The van der Waals surface area contributed by atoms with Gasteiger partial charge in [0.25, 0.3) is 10.1 Å². The van der Waals surface area contributed by atoms with Gasteiger partial charge >= 0.3 is 0 Å². The molecular formula is C14H18ClN5O6S. The van der Waals surface area contributed by atoms with Crippen molar-refractivity contribution in [1.29, 1.82) is 0 Å². The Kier molecular flexibility index (Phi) is 4.33. The van der Waals surface area contributed by atoms with Gasteiger partial charge in [-0.2, -0.15) is 18.4 Å². The maximum absolute atomic E-state index is 11.9. The molecule has 4 rings (SSSR count). The van der Waals surface area contributed by atoms with Crippen LogP contribution in [-0.2, 0) is 28.5 Å². The summed E-state index contributed by atoms with van der Waals surface area (Å²) < 4.78 is 48.0. The van der Waals surface area contributed by atoms with Crippen molar-refractivity contribution in [2.45, 2.75) is 44.2 Å². The highest BCUT2D eigenvalue weighted by molar-refractivity contribution is 7.86. The highest BCUT2D eigenvalue weighted by Crippen LogP contribution is 2.41. The lowest BCUT2D eigenvalue weighted by Crippen LogP contribution is -2.50. The van der Waals surface area contributed by atoms with Crippen molar-refractivity contribution in [3.05, 3.63) is 11.6 Å². The van der Waals surface area contributed by atoms with E-state index in [2.05, 4.69) is 15.0 Å². The third-order valence-electron chi connectivity index (χ3n) is 4.28. The van der Waals surface area contributed by atoms with Crippen LogP contribution in [0.15, 0.2) is 6.33 Å². The second-order valence-electron chi connectivity index (χ2n) is 6.83. The molecule has 2 aliphatic rings. The van der Waals surface area contributed by atoms with Crippen LogP contribution in [0.1, 0.15) is 20.1 Å². The molecule has 2 aliphatic heterocycles. The molecule has 0 spiro atoms. The molecule has 2 fully saturated rings. The van der Waals surface area contributed by atoms with Crippen LogP contribution >= 0.6 is 11.6 Å². The van der Waals surface area contributed by atoms with E-state index in [1.165, 1.54) is 10.9 Å². The van der Waals surface area contributed by atoms with Crippen molar-refractivity contribution in [2.75, 3.05) is 18.6 Å². The molecule has 0 saturated carbocycles. The molecule has 148 valence electrons. The maximum atomic E-state index is 11.9. The van der Waals surface area contributed by atoms with Crippen LogP contribution in [0.5, 0.6) is 0 Å². The predicted molar refractivity (Wildman–Crippen MR) is 93.3 cm³/mol. The minimum atomic E-state index is -3.81. The highest BCUT2D eigenvalue weighted by atomic mass is 35.5. The predicted octanol–water partition coefficient (Wildman–Crippen LogP) is 0.456. The molecule has 0 radical (unpaired) electrons. The van der Waals surface area contributed by atoms with E-state index in [1.54, 1.807) is 13.8 Å². The molecule has 0 amide bonds. The number of nitrogen functional groups attached to an aromatic ring is 1. The van der Waals surface area contributed by atoms with E-state index in [-0.39, 0.29) is 17.7 Å². The number of halogens is 1. The van der Waals surface area contributed by atoms with Gasteiger partial charge in [-0.25, -0.2) is 4.98 Å². The zero-order valence-corrected chi connectivity index (χ0v) is 16.3. The maximum Gasteiger partial charge on any atom is 0.264 e. The fourth-order valence-corrected chi connectivity index (χ4v) is 4.03. The van der Waals surface area contributed by atoms with Gasteiger partial charge < -0.3 is 19.9 Å². The van der Waals surface area contributed by atoms with Crippen molar-refractivity contribution in [3.8, 4) is 0 Å². The Morgan fingerprint density at radius 3 is 2.85 bits per heavy atom. The molecule has 4 heterocycles. The van der Waals surface area contributed by atoms with E-state index in [9.17, 15) is 8.42 Å². The summed E-state index contributed by atoms with van der Waals surface area (Å²) in [6, 6.07) is 0. The van der Waals surface area contributed by atoms with Gasteiger partial charge in [0.15, 0.2) is 29.6 Å². The highest BCUT2D eigenvalue weighted by Gasteiger charge is 2.54. The number of aromatic nitrogens is 4. The number of fused-ring (bicyclic) bond motifs is 2. The zero-order valence-electron chi connectivity index (χ0n) is 14.7. The lowest BCUT2D eigenvalue weighted by molar-refractivity contribution is -0.299. The van der Waals surface area contributed by atoms with Crippen molar-refractivity contribution in [2.24, 2.45) is 0 Å². The standard InChI is InChI=1S/C14H18ClN5O6S/c1-14(2)23-4-6-8(25-14)9(26-27(3,21)22)12(24-6)20-5-17-7-10(16)18-13(15)19-11(7)20/h5-6,8-9,12H,4H2,1-3H3,(H2,16,18,19)/t6-,8+,9-,12+/m0/s1. The molecule has 0 bridgehead atoms. The molecule has 11 nitrogen and oxygen atoms in total. The average molecular weight is 420 g/mol. The summed E-state index contributed by atoms with van der Waals surface area (Å²) in [5, 5.41) is -0.0709. The smallest absolute Gasteiger partial charge is 0.264 e. The fourth-order valence-electron chi connectivity index (χ4n) is 3.25. The van der Waals surface area contributed by atoms with Crippen molar-refractivity contribution < 1.29 is 26.8 Å². The molecular weight excluding hydrogens is 402 g/mol. The molecule has 0 unspecified atom stereocenters. The number of anilines is 1. The van der Waals surface area contributed by atoms with Gasteiger partial charge in [-0.05, 0) is 25.4 Å². The third kappa shape index (κ3) is 3.48. The first-order valence-corrected chi connectivity index (χ1v) is 10.2. The van der Waals surface area contributed by atoms with Gasteiger partial charge in [0.05, 0.1) is 19.2 Å². The van der Waals surface area contributed by atoms with Gasteiger partial charge in [0.2, 0.25) is 5.28 Å². The first-order chi connectivity index (χ1) is 12.5. The molecule has 13 heteroatoms. The number of ether oxygens (including phenoxy) is 3. The van der Waals surface area contributed by atoms with E-state index >= 15 is 0 Å². The first-order valence-electron chi connectivity index (χ1n) is 8.05. The van der Waals surface area contributed by atoms with Crippen molar-refractivity contribution in [1.82, 2.24) is 19.5 Å². The van der Waals surface area contributed by atoms with Crippen LogP contribution in [-0.4, -0.2) is 64.9 Å². The quantitative estimate of drug-likeness (QED) is 0.550.